The Hall–Kier alpha value is -2.30. The van der Waals surface area contributed by atoms with Crippen molar-refractivity contribution in [3.05, 3.63) is 30.2 Å². The summed E-state index contributed by atoms with van der Waals surface area (Å²) in [7, 11) is 3.13. The van der Waals surface area contributed by atoms with E-state index in [-0.39, 0.29) is 0 Å². The Bertz CT molecular complexity index is 534. The number of aldehydes is 1. The van der Waals surface area contributed by atoms with Crippen LogP contribution in [0.4, 0.5) is 0 Å². The van der Waals surface area contributed by atoms with Gasteiger partial charge in [0.1, 0.15) is 5.69 Å². The molecule has 5 nitrogen and oxygen atoms in total. The summed E-state index contributed by atoms with van der Waals surface area (Å²) in [6, 6.07) is 5.38. The number of carbonyl (C=O) groups is 1. The summed E-state index contributed by atoms with van der Waals surface area (Å²) in [4.78, 5) is 17.7. The third-order valence-electron chi connectivity index (χ3n) is 2.44. The SMILES string of the molecule is COc1ccc(-c2nc[nH]c2C=O)cc1OC. The fourth-order valence-electron chi connectivity index (χ4n) is 1.61. The van der Waals surface area contributed by atoms with Crippen LogP contribution in [0, 0.1) is 0 Å². The predicted octanol–water partition coefficient (Wildman–Crippen LogP) is 1.91. The molecule has 0 spiro atoms. The van der Waals surface area contributed by atoms with E-state index >= 15 is 0 Å². The van der Waals surface area contributed by atoms with Gasteiger partial charge in [-0.05, 0) is 18.2 Å². The van der Waals surface area contributed by atoms with E-state index in [2.05, 4.69) is 9.97 Å². The lowest BCUT2D eigenvalue weighted by atomic mass is 10.1. The van der Waals surface area contributed by atoms with Gasteiger partial charge in [0.15, 0.2) is 17.8 Å². The Balaban J connectivity index is 2.50. The first-order valence-corrected chi connectivity index (χ1v) is 5.01. The maximum atomic E-state index is 10.8. The smallest absolute Gasteiger partial charge is 0.168 e. The van der Waals surface area contributed by atoms with Crippen LogP contribution in [0.25, 0.3) is 11.3 Å². The van der Waals surface area contributed by atoms with Crippen molar-refractivity contribution in [2.75, 3.05) is 14.2 Å². The lowest BCUT2D eigenvalue weighted by molar-refractivity contribution is 0.112. The van der Waals surface area contributed by atoms with E-state index in [4.69, 9.17) is 9.47 Å². The number of methoxy groups -OCH3 is 2. The van der Waals surface area contributed by atoms with Crippen LogP contribution < -0.4 is 9.47 Å². The van der Waals surface area contributed by atoms with Gasteiger partial charge in [0.25, 0.3) is 0 Å². The van der Waals surface area contributed by atoms with Gasteiger partial charge in [-0.25, -0.2) is 4.98 Å². The van der Waals surface area contributed by atoms with Gasteiger partial charge >= 0.3 is 0 Å². The third kappa shape index (κ3) is 1.99. The molecule has 0 bridgehead atoms. The minimum absolute atomic E-state index is 0.442. The van der Waals surface area contributed by atoms with Gasteiger partial charge in [0, 0.05) is 5.56 Å². The molecular formula is C12H12N2O3. The highest BCUT2D eigenvalue weighted by Gasteiger charge is 2.11. The van der Waals surface area contributed by atoms with Gasteiger partial charge in [-0.15, -0.1) is 0 Å². The molecule has 17 heavy (non-hydrogen) atoms. The molecule has 5 heteroatoms. The van der Waals surface area contributed by atoms with Crippen LogP contribution in [0.15, 0.2) is 24.5 Å². The number of ether oxygens (including phenoxy) is 2. The van der Waals surface area contributed by atoms with E-state index in [0.29, 0.717) is 22.9 Å². The zero-order valence-corrected chi connectivity index (χ0v) is 9.56. The Morgan fingerprint density at radius 2 is 2.00 bits per heavy atom. The zero-order valence-electron chi connectivity index (χ0n) is 9.56. The number of rotatable bonds is 4. The van der Waals surface area contributed by atoms with Crippen LogP contribution >= 0.6 is 0 Å². The molecule has 1 N–H and O–H groups in total. The number of nitrogens with zero attached hydrogens (tertiary/aromatic N) is 1. The van der Waals surface area contributed by atoms with Gasteiger partial charge in [-0.3, -0.25) is 4.79 Å². The van der Waals surface area contributed by atoms with Crippen molar-refractivity contribution < 1.29 is 14.3 Å². The van der Waals surface area contributed by atoms with E-state index in [9.17, 15) is 4.79 Å². The zero-order chi connectivity index (χ0) is 12.3. The molecule has 0 aliphatic rings. The van der Waals surface area contributed by atoms with Crippen LogP contribution in [0.5, 0.6) is 11.5 Å². The Morgan fingerprint density at radius 3 is 2.65 bits per heavy atom. The van der Waals surface area contributed by atoms with E-state index < -0.39 is 0 Å². The number of benzene rings is 1. The standard InChI is InChI=1S/C12H12N2O3/c1-16-10-4-3-8(5-11(10)17-2)12-9(6-15)13-7-14-12/h3-7H,1-2H3,(H,13,14). The molecule has 2 aromatic rings. The molecule has 88 valence electrons. The fraction of sp³-hybridized carbons (Fsp3) is 0.167. The Labute approximate surface area is 98.4 Å². The average Bonchev–Trinajstić information content (AvgIpc) is 2.86. The molecule has 1 aromatic heterocycles. The summed E-state index contributed by atoms with van der Waals surface area (Å²) in [6.07, 6.45) is 2.22. The summed E-state index contributed by atoms with van der Waals surface area (Å²) in [5.74, 6) is 1.24. The molecular weight excluding hydrogens is 220 g/mol. The maximum absolute atomic E-state index is 10.8. The second-order valence-corrected chi connectivity index (χ2v) is 3.35. The van der Waals surface area contributed by atoms with Crippen molar-refractivity contribution >= 4 is 6.29 Å². The van der Waals surface area contributed by atoms with Crippen LogP contribution in [-0.4, -0.2) is 30.5 Å². The van der Waals surface area contributed by atoms with Crippen LogP contribution in [0.3, 0.4) is 0 Å². The predicted molar refractivity (Wildman–Crippen MR) is 62.5 cm³/mol. The molecule has 0 aliphatic carbocycles. The number of nitrogens with one attached hydrogen (secondary N) is 1. The van der Waals surface area contributed by atoms with Crippen LogP contribution in [0.1, 0.15) is 10.5 Å². The van der Waals surface area contributed by atoms with Gasteiger partial charge < -0.3 is 14.5 Å². The second kappa shape index (κ2) is 4.69. The maximum Gasteiger partial charge on any atom is 0.168 e. The Kier molecular flexibility index (Phi) is 3.09. The molecule has 0 fully saturated rings. The molecule has 0 atom stereocenters. The molecule has 0 aliphatic heterocycles. The molecule has 1 aromatic carbocycles. The first kappa shape index (κ1) is 11.2. The van der Waals surface area contributed by atoms with E-state index in [1.807, 2.05) is 6.07 Å². The van der Waals surface area contributed by atoms with Gasteiger partial charge in [0.2, 0.25) is 0 Å². The number of hydrogen-bond acceptors (Lipinski definition) is 4. The molecule has 0 saturated carbocycles. The number of imidazole rings is 1. The lowest BCUT2D eigenvalue weighted by Gasteiger charge is -2.08. The Morgan fingerprint density at radius 1 is 1.24 bits per heavy atom. The first-order valence-electron chi connectivity index (χ1n) is 5.01. The summed E-state index contributed by atoms with van der Waals surface area (Å²) in [5.41, 5.74) is 1.84. The molecule has 2 rings (SSSR count). The minimum atomic E-state index is 0.442. The van der Waals surface area contributed by atoms with Crippen molar-refractivity contribution in [2.24, 2.45) is 0 Å². The van der Waals surface area contributed by atoms with Crippen molar-refractivity contribution in [3.63, 3.8) is 0 Å². The molecule has 0 saturated heterocycles. The van der Waals surface area contributed by atoms with Gasteiger partial charge in [0.05, 0.1) is 26.2 Å². The summed E-state index contributed by atoms with van der Waals surface area (Å²) in [6.45, 7) is 0. The topological polar surface area (TPSA) is 64.2 Å². The van der Waals surface area contributed by atoms with Crippen molar-refractivity contribution in [3.8, 4) is 22.8 Å². The minimum Gasteiger partial charge on any atom is -0.493 e. The fourth-order valence-corrected chi connectivity index (χ4v) is 1.61. The van der Waals surface area contributed by atoms with Crippen molar-refractivity contribution in [1.82, 2.24) is 9.97 Å². The first-order chi connectivity index (χ1) is 8.30. The van der Waals surface area contributed by atoms with Crippen LogP contribution in [0.2, 0.25) is 0 Å². The molecule has 0 radical (unpaired) electrons. The van der Waals surface area contributed by atoms with E-state index in [1.54, 1.807) is 26.4 Å². The highest BCUT2D eigenvalue weighted by atomic mass is 16.5. The highest BCUT2D eigenvalue weighted by molar-refractivity contribution is 5.83. The van der Waals surface area contributed by atoms with Gasteiger partial charge in [-0.1, -0.05) is 0 Å². The number of carbonyl (C=O) groups excluding carboxylic acids is 1. The van der Waals surface area contributed by atoms with E-state index in [0.717, 1.165) is 11.8 Å². The molecule has 1 heterocycles. The molecule has 0 unspecified atom stereocenters. The van der Waals surface area contributed by atoms with E-state index in [1.165, 1.54) is 6.33 Å². The lowest BCUT2D eigenvalue weighted by Crippen LogP contribution is -1.92. The normalized spacial score (nSPS) is 10.0. The second-order valence-electron chi connectivity index (χ2n) is 3.35. The number of hydrogen-bond donors (Lipinski definition) is 1. The van der Waals surface area contributed by atoms with Gasteiger partial charge in [-0.2, -0.15) is 0 Å². The summed E-state index contributed by atoms with van der Waals surface area (Å²) < 4.78 is 10.3. The number of aromatic nitrogens is 2. The number of H-pyrrole nitrogens is 1. The highest BCUT2D eigenvalue weighted by Crippen LogP contribution is 2.32. The van der Waals surface area contributed by atoms with Crippen molar-refractivity contribution in [1.29, 1.82) is 0 Å². The molecule has 0 amide bonds. The number of aromatic amines is 1. The summed E-state index contributed by atoms with van der Waals surface area (Å²) in [5, 5.41) is 0. The third-order valence-corrected chi connectivity index (χ3v) is 2.44. The quantitative estimate of drug-likeness (QED) is 0.818. The monoisotopic (exact) mass is 232 g/mol. The average molecular weight is 232 g/mol. The largest absolute Gasteiger partial charge is 0.493 e. The van der Waals surface area contributed by atoms with Crippen LogP contribution in [-0.2, 0) is 0 Å². The summed E-state index contributed by atoms with van der Waals surface area (Å²) >= 11 is 0. The van der Waals surface area contributed by atoms with Crippen molar-refractivity contribution in [2.45, 2.75) is 0 Å².